The Balaban J connectivity index is 1.81. The Labute approximate surface area is 148 Å². The third-order valence-electron chi connectivity index (χ3n) is 4.27. The quantitative estimate of drug-likeness (QED) is 0.780. The number of alkyl halides is 3. The number of halogens is 3. The molecule has 3 rings (SSSR count). The number of rotatable bonds is 3. The molecule has 0 saturated carbocycles. The van der Waals surface area contributed by atoms with Crippen molar-refractivity contribution >= 4 is 5.91 Å². The minimum atomic E-state index is -4.46. The number of pyridine rings is 1. The van der Waals surface area contributed by atoms with E-state index in [1.165, 1.54) is 6.07 Å². The van der Waals surface area contributed by atoms with Gasteiger partial charge >= 0.3 is 6.18 Å². The second-order valence-corrected chi connectivity index (χ2v) is 6.15. The molecule has 1 fully saturated rings. The van der Waals surface area contributed by atoms with Crippen molar-refractivity contribution in [2.24, 2.45) is 0 Å². The fourth-order valence-corrected chi connectivity index (χ4v) is 2.85. The van der Waals surface area contributed by atoms with Crippen LogP contribution in [0.5, 0.6) is 0 Å². The number of β-amino-alcohol motifs (C(OH)–C–C–N with tert-alkyl or cyclic N) is 1. The van der Waals surface area contributed by atoms with Crippen LogP contribution in [0.4, 0.5) is 13.2 Å². The zero-order chi connectivity index (χ0) is 18.7. The SMILES string of the molecule is O=C(N[C@@H]1CCNC[C@H]1O)c1cccc(-c2cc(C(F)(F)F)ccn2)c1. The molecule has 0 unspecified atom stereocenters. The Hall–Kier alpha value is -2.45. The van der Waals surface area contributed by atoms with Crippen LogP contribution in [0.15, 0.2) is 42.6 Å². The zero-order valence-electron chi connectivity index (χ0n) is 13.8. The molecule has 2 aromatic rings. The van der Waals surface area contributed by atoms with Gasteiger partial charge in [-0.3, -0.25) is 9.78 Å². The van der Waals surface area contributed by atoms with E-state index in [-0.39, 0.29) is 17.6 Å². The third-order valence-corrected chi connectivity index (χ3v) is 4.27. The van der Waals surface area contributed by atoms with E-state index < -0.39 is 17.8 Å². The van der Waals surface area contributed by atoms with Crippen LogP contribution >= 0.6 is 0 Å². The van der Waals surface area contributed by atoms with Crippen molar-refractivity contribution in [2.45, 2.75) is 24.7 Å². The summed E-state index contributed by atoms with van der Waals surface area (Å²) in [5.41, 5.74) is 0.0496. The molecule has 138 valence electrons. The van der Waals surface area contributed by atoms with Crippen molar-refractivity contribution in [3.63, 3.8) is 0 Å². The van der Waals surface area contributed by atoms with E-state index in [2.05, 4.69) is 15.6 Å². The van der Waals surface area contributed by atoms with Crippen LogP contribution in [0, 0.1) is 0 Å². The molecule has 8 heteroatoms. The summed E-state index contributed by atoms with van der Waals surface area (Å²) in [6, 6.07) is 7.74. The summed E-state index contributed by atoms with van der Waals surface area (Å²) >= 11 is 0. The maximum atomic E-state index is 12.9. The average molecular weight is 365 g/mol. The largest absolute Gasteiger partial charge is 0.416 e. The van der Waals surface area contributed by atoms with Gasteiger partial charge in [-0.05, 0) is 37.2 Å². The monoisotopic (exact) mass is 365 g/mol. The molecule has 2 heterocycles. The number of hydrogen-bond acceptors (Lipinski definition) is 4. The van der Waals surface area contributed by atoms with Gasteiger partial charge in [-0.2, -0.15) is 13.2 Å². The minimum absolute atomic E-state index is 0.136. The number of nitrogens with one attached hydrogen (secondary N) is 2. The van der Waals surface area contributed by atoms with Crippen LogP contribution < -0.4 is 10.6 Å². The Morgan fingerprint density at radius 2 is 2.08 bits per heavy atom. The molecule has 1 aromatic heterocycles. The number of aromatic nitrogens is 1. The molecule has 2 atom stereocenters. The number of carbonyl (C=O) groups excluding carboxylic acids is 1. The second-order valence-electron chi connectivity index (χ2n) is 6.15. The number of amides is 1. The molecular formula is C18H18F3N3O2. The standard InChI is InChI=1S/C18H18F3N3O2/c19-18(20,21)13-4-7-23-15(9-13)11-2-1-3-12(8-11)17(26)24-14-5-6-22-10-16(14)25/h1-4,7-9,14,16,22,25H,5-6,10H2,(H,24,26)/t14-,16-/m1/s1. The molecule has 1 saturated heterocycles. The van der Waals surface area contributed by atoms with Gasteiger partial charge in [0, 0.05) is 23.9 Å². The van der Waals surface area contributed by atoms with Crippen molar-refractivity contribution in [1.29, 1.82) is 0 Å². The van der Waals surface area contributed by atoms with Crippen molar-refractivity contribution < 1.29 is 23.1 Å². The van der Waals surface area contributed by atoms with Crippen LogP contribution in [-0.2, 0) is 6.18 Å². The molecule has 0 aliphatic carbocycles. The lowest BCUT2D eigenvalue weighted by atomic mass is 10.0. The molecule has 1 amide bonds. The van der Waals surface area contributed by atoms with Gasteiger partial charge in [0.1, 0.15) is 0 Å². The number of aliphatic hydroxyl groups is 1. The second kappa shape index (κ2) is 7.43. The maximum absolute atomic E-state index is 12.9. The predicted octanol–water partition coefficient (Wildman–Crippen LogP) is 2.22. The molecule has 0 spiro atoms. The predicted molar refractivity (Wildman–Crippen MR) is 89.4 cm³/mol. The van der Waals surface area contributed by atoms with Crippen LogP contribution in [0.2, 0.25) is 0 Å². The van der Waals surface area contributed by atoms with Gasteiger partial charge in [0.25, 0.3) is 5.91 Å². The normalized spacial score (nSPS) is 20.6. The number of piperidine rings is 1. The summed E-state index contributed by atoms with van der Waals surface area (Å²) in [6.07, 6.45) is -3.45. The van der Waals surface area contributed by atoms with E-state index in [9.17, 15) is 23.1 Å². The first-order valence-corrected chi connectivity index (χ1v) is 8.18. The topological polar surface area (TPSA) is 74.2 Å². The van der Waals surface area contributed by atoms with E-state index in [1.54, 1.807) is 18.2 Å². The number of hydrogen-bond donors (Lipinski definition) is 3. The van der Waals surface area contributed by atoms with E-state index >= 15 is 0 Å². The highest BCUT2D eigenvalue weighted by Crippen LogP contribution is 2.31. The number of aliphatic hydroxyl groups excluding tert-OH is 1. The average Bonchev–Trinajstić information content (AvgIpc) is 2.63. The highest BCUT2D eigenvalue weighted by atomic mass is 19.4. The summed E-state index contributed by atoms with van der Waals surface area (Å²) in [4.78, 5) is 16.4. The summed E-state index contributed by atoms with van der Waals surface area (Å²) < 4.78 is 38.6. The molecule has 1 aliphatic heterocycles. The first-order valence-electron chi connectivity index (χ1n) is 8.18. The fraction of sp³-hybridized carbons (Fsp3) is 0.333. The Kier molecular flexibility index (Phi) is 5.24. The number of carbonyl (C=O) groups is 1. The van der Waals surface area contributed by atoms with E-state index in [0.717, 1.165) is 18.3 Å². The van der Waals surface area contributed by atoms with Gasteiger partial charge in [-0.15, -0.1) is 0 Å². The summed E-state index contributed by atoms with van der Waals surface area (Å²) in [7, 11) is 0. The Morgan fingerprint density at radius 3 is 2.81 bits per heavy atom. The van der Waals surface area contributed by atoms with Gasteiger partial charge in [-0.1, -0.05) is 12.1 Å². The Morgan fingerprint density at radius 1 is 1.27 bits per heavy atom. The van der Waals surface area contributed by atoms with Gasteiger partial charge in [0.15, 0.2) is 0 Å². The molecule has 3 N–H and O–H groups in total. The summed E-state index contributed by atoms with van der Waals surface area (Å²) in [5.74, 6) is -0.384. The van der Waals surface area contributed by atoms with Gasteiger partial charge in [0.2, 0.25) is 0 Å². The molecular weight excluding hydrogens is 347 g/mol. The Bertz CT molecular complexity index is 795. The van der Waals surface area contributed by atoms with Crippen LogP contribution in [-0.4, -0.2) is 41.2 Å². The lowest BCUT2D eigenvalue weighted by Crippen LogP contribution is -2.52. The maximum Gasteiger partial charge on any atom is 0.416 e. The highest BCUT2D eigenvalue weighted by Gasteiger charge is 2.31. The van der Waals surface area contributed by atoms with Crippen LogP contribution in [0.25, 0.3) is 11.3 Å². The van der Waals surface area contributed by atoms with Crippen molar-refractivity contribution in [3.8, 4) is 11.3 Å². The van der Waals surface area contributed by atoms with Crippen molar-refractivity contribution in [3.05, 3.63) is 53.7 Å². The lowest BCUT2D eigenvalue weighted by Gasteiger charge is -2.29. The molecule has 1 aliphatic rings. The third kappa shape index (κ3) is 4.20. The molecule has 26 heavy (non-hydrogen) atoms. The smallest absolute Gasteiger partial charge is 0.390 e. The number of nitrogens with zero attached hydrogens (tertiary/aromatic N) is 1. The van der Waals surface area contributed by atoms with Crippen molar-refractivity contribution in [2.75, 3.05) is 13.1 Å². The summed E-state index contributed by atoms with van der Waals surface area (Å²) in [5, 5.41) is 15.7. The molecule has 1 aromatic carbocycles. The van der Waals surface area contributed by atoms with Gasteiger partial charge < -0.3 is 15.7 Å². The fourth-order valence-electron chi connectivity index (χ4n) is 2.85. The molecule has 0 bridgehead atoms. The van der Waals surface area contributed by atoms with Crippen LogP contribution in [0.1, 0.15) is 22.3 Å². The number of benzene rings is 1. The van der Waals surface area contributed by atoms with E-state index in [0.29, 0.717) is 30.6 Å². The van der Waals surface area contributed by atoms with E-state index in [4.69, 9.17) is 0 Å². The lowest BCUT2D eigenvalue weighted by molar-refractivity contribution is -0.137. The first kappa shape index (κ1) is 18.3. The molecule has 0 radical (unpaired) electrons. The molecule has 5 nitrogen and oxygen atoms in total. The zero-order valence-corrected chi connectivity index (χ0v) is 13.8. The van der Waals surface area contributed by atoms with Crippen LogP contribution in [0.3, 0.4) is 0 Å². The van der Waals surface area contributed by atoms with Crippen molar-refractivity contribution in [1.82, 2.24) is 15.6 Å². The van der Waals surface area contributed by atoms with Gasteiger partial charge in [-0.25, -0.2) is 0 Å². The first-order chi connectivity index (χ1) is 12.3. The van der Waals surface area contributed by atoms with E-state index in [1.807, 2.05) is 0 Å². The summed E-state index contributed by atoms with van der Waals surface area (Å²) in [6.45, 7) is 1.09. The highest BCUT2D eigenvalue weighted by molar-refractivity contribution is 5.95. The van der Waals surface area contributed by atoms with Gasteiger partial charge in [0.05, 0.1) is 23.4 Å². The minimum Gasteiger partial charge on any atom is -0.390 e.